The van der Waals surface area contributed by atoms with Gasteiger partial charge in [0, 0.05) is 41.0 Å². The topological polar surface area (TPSA) is 84.0 Å². The highest BCUT2D eigenvalue weighted by atomic mass is 19.4. The summed E-state index contributed by atoms with van der Waals surface area (Å²) >= 11 is 0. The number of benzene rings is 2. The van der Waals surface area contributed by atoms with Crippen molar-refractivity contribution in [3.05, 3.63) is 89.0 Å². The van der Waals surface area contributed by atoms with Gasteiger partial charge in [-0.05, 0) is 48.9 Å². The minimum Gasteiger partial charge on any atom is -0.322 e. The lowest BCUT2D eigenvalue weighted by Gasteiger charge is -2.15. The molecule has 0 unspecified atom stereocenters. The number of alkyl halides is 6. The molecule has 1 heterocycles. The third-order valence-electron chi connectivity index (χ3n) is 4.61. The maximum Gasteiger partial charge on any atom is 0.416 e. The molecule has 0 fully saturated rings. The first-order valence-corrected chi connectivity index (χ1v) is 9.78. The van der Waals surface area contributed by atoms with E-state index < -0.39 is 40.9 Å². The molecule has 3 aromatic rings. The van der Waals surface area contributed by atoms with Crippen molar-refractivity contribution >= 4 is 29.3 Å². The van der Waals surface area contributed by atoms with E-state index in [1.165, 1.54) is 49.1 Å². The lowest BCUT2D eigenvalue weighted by Crippen LogP contribution is -2.17. The Morgan fingerprint density at radius 1 is 0.857 bits per heavy atom. The number of hydrogen-bond donors (Lipinski definition) is 2. The molecule has 0 saturated heterocycles. The molecule has 2 aromatic carbocycles. The molecule has 0 aliphatic carbocycles. The number of anilines is 2. The standard InChI is InChI=1S/C23H16F6N4O2/c1-13-2-4-18(9-19(13)33-20(34)5-3-14-10-30-12-31-11-14)32-21(35)15-6-16(22(24,25)26)8-17(7-15)23(27,28)29/h2-12H,1H3,(H,32,35)(H,33,34). The van der Waals surface area contributed by atoms with Crippen molar-refractivity contribution in [2.45, 2.75) is 19.3 Å². The predicted octanol–water partition coefficient (Wildman–Crippen LogP) is 5.73. The van der Waals surface area contributed by atoms with Gasteiger partial charge in [-0.25, -0.2) is 9.97 Å². The average Bonchev–Trinajstić information content (AvgIpc) is 2.79. The third-order valence-corrected chi connectivity index (χ3v) is 4.61. The predicted molar refractivity (Wildman–Crippen MR) is 115 cm³/mol. The van der Waals surface area contributed by atoms with Crippen LogP contribution in [0.2, 0.25) is 0 Å². The van der Waals surface area contributed by atoms with Crippen LogP contribution in [0.1, 0.15) is 32.6 Å². The second kappa shape index (κ2) is 9.95. The summed E-state index contributed by atoms with van der Waals surface area (Å²) in [7, 11) is 0. The first-order valence-electron chi connectivity index (χ1n) is 9.78. The smallest absolute Gasteiger partial charge is 0.322 e. The molecule has 182 valence electrons. The van der Waals surface area contributed by atoms with E-state index in [1.807, 2.05) is 0 Å². The number of carbonyl (C=O) groups excluding carboxylic acids is 2. The maximum atomic E-state index is 13.1. The molecule has 0 aliphatic heterocycles. The Balaban J connectivity index is 1.81. The van der Waals surface area contributed by atoms with E-state index in [2.05, 4.69) is 20.6 Å². The minimum absolute atomic E-state index is 0.0438. The Kier molecular flexibility index (Phi) is 7.22. The van der Waals surface area contributed by atoms with Gasteiger partial charge in [-0.2, -0.15) is 26.3 Å². The van der Waals surface area contributed by atoms with Gasteiger partial charge in [0.25, 0.3) is 5.91 Å². The molecule has 12 heteroatoms. The summed E-state index contributed by atoms with van der Waals surface area (Å²) in [6.07, 6.45) is -3.21. The van der Waals surface area contributed by atoms with Crippen LogP contribution >= 0.6 is 0 Å². The van der Waals surface area contributed by atoms with Crippen LogP contribution in [0, 0.1) is 6.92 Å². The number of hydrogen-bond acceptors (Lipinski definition) is 4. The lowest BCUT2D eigenvalue weighted by atomic mass is 10.0. The van der Waals surface area contributed by atoms with Crippen molar-refractivity contribution in [2.75, 3.05) is 10.6 Å². The minimum atomic E-state index is -5.09. The first kappa shape index (κ1) is 25.4. The summed E-state index contributed by atoms with van der Waals surface area (Å²) in [6.45, 7) is 1.65. The van der Waals surface area contributed by atoms with Gasteiger partial charge >= 0.3 is 12.4 Å². The second-order valence-electron chi connectivity index (χ2n) is 7.27. The van der Waals surface area contributed by atoms with Crippen LogP contribution in [0.4, 0.5) is 37.7 Å². The normalized spacial score (nSPS) is 12.0. The summed E-state index contributed by atoms with van der Waals surface area (Å²) in [5.74, 6) is -1.72. The summed E-state index contributed by atoms with van der Waals surface area (Å²) in [4.78, 5) is 32.3. The zero-order valence-corrected chi connectivity index (χ0v) is 17.8. The average molecular weight is 494 g/mol. The van der Waals surface area contributed by atoms with Gasteiger partial charge < -0.3 is 10.6 Å². The van der Waals surface area contributed by atoms with Crippen LogP contribution in [-0.4, -0.2) is 21.8 Å². The van der Waals surface area contributed by atoms with Gasteiger partial charge in [-0.1, -0.05) is 6.07 Å². The van der Waals surface area contributed by atoms with Crippen molar-refractivity contribution in [1.82, 2.24) is 9.97 Å². The molecule has 1 aromatic heterocycles. The summed E-state index contributed by atoms with van der Waals surface area (Å²) in [5.41, 5.74) is -2.57. The molecule has 3 rings (SSSR count). The van der Waals surface area contributed by atoms with Crippen molar-refractivity contribution in [3.8, 4) is 0 Å². The van der Waals surface area contributed by atoms with Crippen LogP contribution in [0.5, 0.6) is 0 Å². The number of halogens is 6. The van der Waals surface area contributed by atoms with Crippen LogP contribution in [0.15, 0.2) is 61.2 Å². The quantitative estimate of drug-likeness (QED) is 0.351. The van der Waals surface area contributed by atoms with Crippen molar-refractivity contribution < 1.29 is 35.9 Å². The first-order chi connectivity index (χ1) is 16.3. The van der Waals surface area contributed by atoms with Gasteiger partial charge in [-0.3, -0.25) is 9.59 Å². The van der Waals surface area contributed by atoms with Gasteiger partial charge in [0.1, 0.15) is 6.33 Å². The Bertz CT molecular complexity index is 1240. The number of nitrogens with zero attached hydrogens (tertiary/aromatic N) is 2. The monoisotopic (exact) mass is 494 g/mol. The summed E-state index contributed by atoms with van der Waals surface area (Å²) < 4.78 is 78.4. The number of nitrogens with one attached hydrogen (secondary N) is 2. The summed E-state index contributed by atoms with van der Waals surface area (Å²) in [5, 5.41) is 4.83. The molecule has 6 nitrogen and oxygen atoms in total. The third kappa shape index (κ3) is 6.88. The van der Waals surface area contributed by atoms with Gasteiger partial charge in [-0.15, -0.1) is 0 Å². The Hall–Kier alpha value is -4.22. The fraction of sp³-hybridized carbons (Fsp3) is 0.130. The van der Waals surface area contributed by atoms with Gasteiger partial charge in [0.2, 0.25) is 5.91 Å². The zero-order valence-electron chi connectivity index (χ0n) is 17.8. The fourth-order valence-electron chi connectivity index (χ4n) is 2.87. The molecule has 0 aliphatic rings. The number of aromatic nitrogens is 2. The van der Waals surface area contributed by atoms with Crippen molar-refractivity contribution in [1.29, 1.82) is 0 Å². The number of aryl methyl sites for hydroxylation is 1. The molecular weight excluding hydrogens is 478 g/mol. The van der Waals surface area contributed by atoms with E-state index >= 15 is 0 Å². The molecule has 2 amide bonds. The van der Waals surface area contributed by atoms with E-state index in [-0.39, 0.29) is 17.4 Å². The Labute approximate surface area is 194 Å². The van der Waals surface area contributed by atoms with Gasteiger partial charge in [0.15, 0.2) is 0 Å². The lowest BCUT2D eigenvalue weighted by molar-refractivity contribution is -0.143. The van der Waals surface area contributed by atoms with E-state index in [4.69, 9.17) is 0 Å². The molecule has 2 N–H and O–H groups in total. The molecule has 0 bridgehead atoms. The van der Waals surface area contributed by atoms with Crippen molar-refractivity contribution in [2.24, 2.45) is 0 Å². The second-order valence-corrected chi connectivity index (χ2v) is 7.27. The van der Waals surface area contributed by atoms with Crippen molar-refractivity contribution in [3.63, 3.8) is 0 Å². The van der Waals surface area contributed by atoms with Crippen LogP contribution < -0.4 is 10.6 Å². The highest BCUT2D eigenvalue weighted by molar-refractivity contribution is 6.06. The Morgan fingerprint density at radius 3 is 2.03 bits per heavy atom. The van der Waals surface area contributed by atoms with Gasteiger partial charge in [0.05, 0.1) is 11.1 Å². The SMILES string of the molecule is Cc1ccc(NC(=O)c2cc(C(F)(F)F)cc(C(F)(F)F)c2)cc1NC(=O)C=Cc1cncnc1. The molecule has 0 spiro atoms. The maximum absolute atomic E-state index is 13.1. The number of rotatable bonds is 5. The molecule has 0 atom stereocenters. The highest BCUT2D eigenvalue weighted by Crippen LogP contribution is 2.36. The van der Waals surface area contributed by atoms with Crippen LogP contribution in [0.25, 0.3) is 6.08 Å². The van der Waals surface area contributed by atoms with E-state index in [0.29, 0.717) is 23.3 Å². The van der Waals surface area contributed by atoms with Crippen LogP contribution in [-0.2, 0) is 17.1 Å². The van der Waals surface area contributed by atoms with E-state index in [9.17, 15) is 35.9 Å². The Morgan fingerprint density at radius 2 is 1.46 bits per heavy atom. The van der Waals surface area contributed by atoms with E-state index in [0.717, 1.165) is 0 Å². The molecule has 0 saturated carbocycles. The highest BCUT2D eigenvalue weighted by Gasteiger charge is 2.37. The molecule has 35 heavy (non-hydrogen) atoms. The zero-order chi connectivity index (χ0) is 25.8. The molecular formula is C23H16F6N4O2. The van der Waals surface area contributed by atoms with Crippen LogP contribution in [0.3, 0.4) is 0 Å². The molecule has 0 radical (unpaired) electrons. The number of carbonyl (C=O) groups is 2. The fourth-order valence-corrected chi connectivity index (χ4v) is 2.87. The largest absolute Gasteiger partial charge is 0.416 e. The number of amides is 2. The summed E-state index contributed by atoms with van der Waals surface area (Å²) in [6, 6.07) is 4.82. The van der Waals surface area contributed by atoms with E-state index in [1.54, 1.807) is 6.92 Å².